The first-order chi connectivity index (χ1) is 14.6. The van der Waals surface area contributed by atoms with E-state index in [1.165, 1.54) is 29.8 Å². The molecule has 1 saturated carbocycles. The van der Waals surface area contributed by atoms with Gasteiger partial charge in [0.15, 0.2) is 0 Å². The van der Waals surface area contributed by atoms with E-state index in [-0.39, 0.29) is 23.5 Å². The first kappa shape index (κ1) is 20.2. The molecule has 1 heterocycles. The number of halogens is 2. The number of hydrogen-bond acceptors (Lipinski definition) is 2. The second-order valence-electron chi connectivity index (χ2n) is 7.86. The average molecular weight is 406 g/mol. The minimum Gasteiger partial charge on any atom is -0.356 e. The summed E-state index contributed by atoms with van der Waals surface area (Å²) in [5.41, 5.74) is 1.93. The second kappa shape index (κ2) is 8.74. The summed E-state index contributed by atoms with van der Waals surface area (Å²) in [4.78, 5) is 17.0. The Kier molecular flexibility index (Phi) is 5.88. The van der Waals surface area contributed by atoms with E-state index in [2.05, 4.69) is 10.3 Å². The molecule has 30 heavy (non-hydrogen) atoms. The van der Waals surface area contributed by atoms with Crippen LogP contribution in [0.1, 0.15) is 36.0 Å². The third-order valence-corrected chi connectivity index (χ3v) is 5.87. The number of aryl methyl sites for hydroxylation is 1. The lowest BCUT2D eigenvalue weighted by Crippen LogP contribution is -2.30. The molecule has 4 rings (SSSR count). The fourth-order valence-electron chi connectivity index (χ4n) is 4.25. The summed E-state index contributed by atoms with van der Waals surface area (Å²) in [6, 6.07) is 16.5. The van der Waals surface area contributed by atoms with Crippen molar-refractivity contribution in [1.29, 1.82) is 0 Å². The Balaban J connectivity index is 1.41. The maximum Gasteiger partial charge on any atom is 0.224 e. The lowest BCUT2D eigenvalue weighted by molar-refractivity contribution is -0.122. The van der Waals surface area contributed by atoms with Crippen LogP contribution >= 0.6 is 0 Å². The number of aromatic nitrogens is 1. The molecule has 1 aromatic heterocycles. The summed E-state index contributed by atoms with van der Waals surface area (Å²) in [5.74, 6) is -1.11. The number of rotatable bonds is 8. The molecule has 3 aromatic rings. The normalized spacial score (nSPS) is 16.8. The zero-order chi connectivity index (χ0) is 21.0. The van der Waals surface area contributed by atoms with Crippen molar-refractivity contribution < 1.29 is 13.6 Å². The molecule has 1 N–H and O–H groups in total. The van der Waals surface area contributed by atoms with Gasteiger partial charge in [0.2, 0.25) is 5.91 Å². The lowest BCUT2D eigenvalue weighted by atomic mass is 9.85. The molecule has 1 aliphatic rings. The number of nitrogens with zero attached hydrogens (tertiary/aromatic N) is 1. The Labute approximate surface area is 175 Å². The summed E-state index contributed by atoms with van der Waals surface area (Å²) in [7, 11) is 0. The van der Waals surface area contributed by atoms with Gasteiger partial charge in [0.1, 0.15) is 11.6 Å². The number of benzene rings is 2. The first-order valence-corrected chi connectivity index (χ1v) is 10.3. The van der Waals surface area contributed by atoms with Crippen molar-refractivity contribution in [3.05, 3.63) is 101 Å². The Morgan fingerprint density at radius 2 is 1.70 bits per heavy atom. The highest BCUT2D eigenvalue weighted by atomic mass is 19.1. The SMILES string of the molecule is O=C(NCCCCc1cccnc1)C1CC1(c1cccc(F)c1)c1cccc(F)c1. The van der Waals surface area contributed by atoms with Crippen LogP contribution in [0.5, 0.6) is 0 Å². The number of pyridine rings is 1. The molecule has 0 saturated heterocycles. The fraction of sp³-hybridized carbons (Fsp3) is 0.280. The van der Waals surface area contributed by atoms with Crippen molar-refractivity contribution in [2.24, 2.45) is 5.92 Å². The van der Waals surface area contributed by atoms with E-state index < -0.39 is 5.41 Å². The van der Waals surface area contributed by atoms with E-state index in [0.29, 0.717) is 24.1 Å². The quantitative estimate of drug-likeness (QED) is 0.546. The zero-order valence-electron chi connectivity index (χ0n) is 16.7. The summed E-state index contributed by atoms with van der Waals surface area (Å²) in [6.45, 7) is 0.581. The van der Waals surface area contributed by atoms with Crippen LogP contribution in [0.15, 0.2) is 73.1 Å². The highest BCUT2D eigenvalue weighted by Crippen LogP contribution is 2.59. The molecular formula is C25H24F2N2O. The highest BCUT2D eigenvalue weighted by molar-refractivity contribution is 5.86. The van der Waals surface area contributed by atoms with E-state index in [0.717, 1.165) is 19.3 Å². The van der Waals surface area contributed by atoms with Crippen molar-refractivity contribution in [1.82, 2.24) is 10.3 Å². The average Bonchev–Trinajstić information content (AvgIpc) is 3.51. The van der Waals surface area contributed by atoms with Gasteiger partial charge in [0.25, 0.3) is 0 Å². The van der Waals surface area contributed by atoms with Crippen LogP contribution < -0.4 is 5.32 Å². The standard InChI is InChI=1S/C25H24F2N2O/c26-21-10-3-8-19(14-21)25(20-9-4-11-22(27)15-20)16-23(25)24(30)29-13-2-1-6-18-7-5-12-28-17-18/h3-5,7-12,14-15,17,23H,1-2,6,13,16H2,(H,29,30). The minimum absolute atomic E-state index is 0.0649. The van der Waals surface area contributed by atoms with Crippen molar-refractivity contribution >= 4 is 5.91 Å². The molecule has 5 heteroatoms. The molecule has 2 aromatic carbocycles. The number of unbranched alkanes of at least 4 members (excludes halogenated alkanes) is 1. The summed E-state index contributed by atoms with van der Waals surface area (Å²) in [5, 5.41) is 3.01. The predicted molar refractivity (Wildman–Crippen MR) is 112 cm³/mol. The molecule has 1 unspecified atom stereocenters. The van der Waals surface area contributed by atoms with Crippen LogP contribution in [-0.2, 0) is 16.6 Å². The molecule has 3 nitrogen and oxygen atoms in total. The Morgan fingerprint density at radius 1 is 1.00 bits per heavy atom. The minimum atomic E-state index is -0.677. The molecule has 0 aliphatic heterocycles. The monoisotopic (exact) mass is 406 g/mol. The van der Waals surface area contributed by atoms with Crippen LogP contribution in [0, 0.1) is 17.6 Å². The van der Waals surface area contributed by atoms with Gasteiger partial charge >= 0.3 is 0 Å². The van der Waals surface area contributed by atoms with Crippen LogP contribution in [0.25, 0.3) is 0 Å². The molecule has 1 fully saturated rings. The van der Waals surface area contributed by atoms with Crippen molar-refractivity contribution in [3.8, 4) is 0 Å². The van der Waals surface area contributed by atoms with E-state index in [4.69, 9.17) is 0 Å². The molecule has 0 bridgehead atoms. The van der Waals surface area contributed by atoms with E-state index in [9.17, 15) is 13.6 Å². The van der Waals surface area contributed by atoms with Crippen molar-refractivity contribution in [2.75, 3.05) is 6.54 Å². The molecule has 1 aliphatic carbocycles. The Morgan fingerprint density at radius 3 is 2.30 bits per heavy atom. The van der Waals surface area contributed by atoms with Crippen molar-refractivity contribution in [3.63, 3.8) is 0 Å². The molecule has 0 spiro atoms. The van der Waals surface area contributed by atoms with Gasteiger partial charge in [0.05, 0.1) is 5.92 Å². The van der Waals surface area contributed by atoms with Gasteiger partial charge in [-0.05, 0) is 72.7 Å². The van der Waals surface area contributed by atoms with Crippen LogP contribution in [0.4, 0.5) is 8.78 Å². The molecule has 1 amide bonds. The fourth-order valence-corrected chi connectivity index (χ4v) is 4.25. The predicted octanol–water partition coefficient (Wildman–Crippen LogP) is 4.80. The number of carbonyl (C=O) groups is 1. The van der Waals surface area contributed by atoms with Gasteiger partial charge in [0, 0.05) is 24.4 Å². The Bertz CT molecular complexity index is 977. The maximum atomic E-state index is 13.9. The largest absolute Gasteiger partial charge is 0.356 e. The topological polar surface area (TPSA) is 42.0 Å². The molecule has 154 valence electrons. The third-order valence-electron chi connectivity index (χ3n) is 5.87. The van der Waals surface area contributed by atoms with Gasteiger partial charge in [-0.3, -0.25) is 9.78 Å². The molecule has 0 radical (unpaired) electrons. The summed E-state index contributed by atoms with van der Waals surface area (Å²) < 4.78 is 27.8. The summed E-state index contributed by atoms with van der Waals surface area (Å²) >= 11 is 0. The van der Waals surface area contributed by atoms with Gasteiger partial charge in [-0.1, -0.05) is 30.3 Å². The number of carbonyl (C=O) groups excluding carboxylic acids is 1. The second-order valence-corrected chi connectivity index (χ2v) is 7.86. The Hall–Kier alpha value is -3.08. The third kappa shape index (κ3) is 4.25. The van der Waals surface area contributed by atoms with Gasteiger partial charge < -0.3 is 5.32 Å². The van der Waals surface area contributed by atoms with Gasteiger partial charge in [-0.25, -0.2) is 8.78 Å². The van der Waals surface area contributed by atoms with E-state index >= 15 is 0 Å². The van der Waals surface area contributed by atoms with Crippen molar-refractivity contribution in [2.45, 2.75) is 31.1 Å². The summed E-state index contributed by atoms with van der Waals surface area (Å²) in [6.07, 6.45) is 6.89. The zero-order valence-corrected chi connectivity index (χ0v) is 16.7. The molecular weight excluding hydrogens is 382 g/mol. The number of amides is 1. The van der Waals surface area contributed by atoms with Gasteiger partial charge in [-0.15, -0.1) is 0 Å². The van der Waals surface area contributed by atoms with Crippen LogP contribution in [0.3, 0.4) is 0 Å². The smallest absolute Gasteiger partial charge is 0.224 e. The lowest BCUT2D eigenvalue weighted by Gasteiger charge is -2.19. The number of nitrogens with one attached hydrogen (secondary N) is 1. The van der Waals surface area contributed by atoms with E-state index in [1.54, 1.807) is 18.3 Å². The molecule has 1 atom stereocenters. The number of hydrogen-bond donors (Lipinski definition) is 1. The van der Waals surface area contributed by atoms with Crippen LogP contribution in [-0.4, -0.2) is 17.4 Å². The highest BCUT2D eigenvalue weighted by Gasteiger charge is 2.60. The maximum absolute atomic E-state index is 13.9. The van der Waals surface area contributed by atoms with Gasteiger partial charge in [-0.2, -0.15) is 0 Å². The first-order valence-electron chi connectivity index (χ1n) is 10.3. The van der Waals surface area contributed by atoms with E-state index in [1.807, 2.05) is 30.5 Å². The van der Waals surface area contributed by atoms with Crippen LogP contribution in [0.2, 0.25) is 0 Å².